The Labute approximate surface area is 113 Å². The first kappa shape index (κ1) is 13.4. The fourth-order valence-electron chi connectivity index (χ4n) is 1.40. The molecule has 0 unspecified atom stereocenters. The molecular formula is C12H12N2O4S. The average molecular weight is 280 g/mol. The van der Waals surface area contributed by atoms with Gasteiger partial charge in [-0.2, -0.15) is 0 Å². The van der Waals surface area contributed by atoms with E-state index < -0.39 is 18.5 Å². The lowest BCUT2D eigenvalue weighted by Crippen LogP contribution is -2.22. The number of esters is 1. The number of hydrogen-bond acceptors (Lipinski definition) is 6. The zero-order chi connectivity index (χ0) is 13.7. The van der Waals surface area contributed by atoms with Crippen LogP contribution in [0.1, 0.15) is 5.01 Å². The first-order valence-electron chi connectivity index (χ1n) is 5.51. The zero-order valence-electron chi connectivity index (χ0n) is 10.00. The largest absolute Gasteiger partial charge is 0.454 e. The smallest absolute Gasteiger partial charge is 0.332 e. The monoisotopic (exact) mass is 280 g/mol. The van der Waals surface area contributed by atoms with Crippen LogP contribution in [0.15, 0.2) is 24.3 Å². The van der Waals surface area contributed by atoms with E-state index in [1.165, 1.54) is 11.3 Å². The first-order valence-corrected chi connectivity index (χ1v) is 6.33. The molecule has 0 aliphatic heterocycles. The van der Waals surface area contributed by atoms with Crippen LogP contribution in [-0.2, 0) is 25.7 Å². The number of fused-ring (bicyclic) bond motifs is 1. The van der Waals surface area contributed by atoms with Crippen molar-refractivity contribution in [2.45, 2.75) is 6.61 Å². The predicted octanol–water partition coefficient (Wildman–Crippen LogP) is 0.841. The third kappa shape index (κ3) is 4.01. The second-order valence-corrected chi connectivity index (χ2v) is 4.81. The van der Waals surface area contributed by atoms with Crippen molar-refractivity contribution in [3.05, 3.63) is 29.3 Å². The van der Waals surface area contributed by atoms with E-state index in [-0.39, 0.29) is 13.2 Å². The highest BCUT2D eigenvalue weighted by atomic mass is 32.1. The maximum absolute atomic E-state index is 11.1. The molecule has 2 rings (SSSR count). The van der Waals surface area contributed by atoms with Gasteiger partial charge < -0.3 is 15.2 Å². The van der Waals surface area contributed by atoms with E-state index in [1.54, 1.807) is 0 Å². The van der Waals surface area contributed by atoms with Crippen molar-refractivity contribution in [1.29, 1.82) is 0 Å². The molecular weight excluding hydrogens is 268 g/mol. The molecule has 1 aromatic heterocycles. The maximum atomic E-state index is 11.1. The fraction of sp³-hybridized carbons (Fsp3) is 0.250. The summed E-state index contributed by atoms with van der Waals surface area (Å²) in [6, 6.07) is 7.73. The van der Waals surface area contributed by atoms with Gasteiger partial charge in [-0.1, -0.05) is 12.1 Å². The molecule has 19 heavy (non-hydrogen) atoms. The van der Waals surface area contributed by atoms with E-state index in [0.29, 0.717) is 0 Å². The van der Waals surface area contributed by atoms with Gasteiger partial charge >= 0.3 is 5.97 Å². The maximum Gasteiger partial charge on any atom is 0.332 e. The minimum Gasteiger partial charge on any atom is -0.454 e. The lowest BCUT2D eigenvalue weighted by Gasteiger charge is -2.02. The molecule has 0 saturated carbocycles. The summed E-state index contributed by atoms with van der Waals surface area (Å²) in [5, 5.41) is 0.781. The Morgan fingerprint density at radius 1 is 1.26 bits per heavy atom. The molecule has 0 saturated heterocycles. The van der Waals surface area contributed by atoms with Crippen LogP contribution in [0.3, 0.4) is 0 Å². The molecule has 1 aromatic carbocycles. The number of carbonyl (C=O) groups excluding carboxylic acids is 2. The molecule has 1 amide bonds. The summed E-state index contributed by atoms with van der Waals surface area (Å²) in [5.74, 6) is -1.32. The molecule has 6 nitrogen and oxygen atoms in total. The molecule has 0 aliphatic carbocycles. The number of nitrogens with two attached hydrogens (primary N) is 1. The zero-order valence-corrected chi connectivity index (χ0v) is 10.8. The van der Waals surface area contributed by atoms with Gasteiger partial charge in [-0.15, -0.1) is 11.3 Å². The molecule has 2 N–H and O–H groups in total. The summed E-state index contributed by atoms with van der Waals surface area (Å²) in [4.78, 5) is 25.9. The molecule has 0 radical (unpaired) electrons. The molecule has 7 heteroatoms. The van der Waals surface area contributed by atoms with Crippen LogP contribution in [-0.4, -0.2) is 30.1 Å². The molecule has 2 aromatic rings. The summed E-state index contributed by atoms with van der Waals surface area (Å²) in [5.41, 5.74) is 5.74. The van der Waals surface area contributed by atoms with Crippen molar-refractivity contribution in [2.24, 2.45) is 5.73 Å². The van der Waals surface area contributed by atoms with Crippen LogP contribution >= 0.6 is 11.3 Å². The summed E-state index contributed by atoms with van der Waals surface area (Å²) in [6.07, 6.45) is 0. The lowest BCUT2D eigenvalue weighted by molar-refractivity contribution is -0.152. The van der Waals surface area contributed by atoms with Crippen LogP contribution in [0, 0.1) is 0 Å². The number of nitrogens with zero attached hydrogens (tertiary/aromatic N) is 1. The highest BCUT2D eigenvalue weighted by molar-refractivity contribution is 7.18. The third-order valence-electron chi connectivity index (χ3n) is 2.16. The van der Waals surface area contributed by atoms with Crippen molar-refractivity contribution < 1.29 is 19.1 Å². The van der Waals surface area contributed by atoms with Gasteiger partial charge in [-0.25, -0.2) is 9.78 Å². The lowest BCUT2D eigenvalue weighted by atomic mass is 10.3. The number of benzene rings is 1. The number of hydrogen-bond donors (Lipinski definition) is 1. The Morgan fingerprint density at radius 3 is 2.79 bits per heavy atom. The molecule has 0 fully saturated rings. The van der Waals surface area contributed by atoms with Crippen LogP contribution in [0.2, 0.25) is 0 Å². The molecule has 0 bridgehead atoms. The second-order valence-electron chi connectivity index (χ2n) is 3.70. The number of ether oxygens (including phenoxy) is 2. The highest BCUT2D eigenvalue weighted by Gasteiger charge is 2.07. The number of thiazole rings is 1. The Balaban J connectivity index is 1.79. The fourth-order valence-corrected chi connectivity index (χ4v) is 2.30. The standard InChI is InChI=1S/C12H12N2O4S/c13-10(15)5-18-12(16)7-17-6-11-14-8-3-1-2-4-9(8)19-11/h1-4H,5-7H2,(H2,13,15). The van der Waals surface area contributed by atoms with Crippen LogP contribution in [0.4, 0.5) is 0 Å². The molecule has 0 aliphatic rings. The highest BCUT2D eigenvalue weighted by Crippen LogP contribution is 2.21. The number of rotatable bonds is 6. The van der Waals surface area contributed by atoms with Gasteiger partial charge in [0.2, 0.25) is 0 Å². The Kier molecular flexibility index (Phi) is 4.43. The van der Waals surface area contributed by atoms with E-state index >= 15 is 0 Å². The average Bonchev–Trinajstić information content (AvgIpc) is 2.79. The van der Waals surface area contributed by atoms with Crippen LogP contribution in [0.5, 0.6) is 0 Å². The first-order chi connectivity index (χ1) is 9.15. The Bertz CT molecular complexity index is 563. The minimum atomic E-state index is -0.695. The van der Waals surface area contributed by atoms with Crippen molar-refractivity contribution in [3.8, 4) is 0 Å². The van der Waals surface area contributed by atoms with Gasteiger partial charge in [0.15, 0.2) is 6.61 Å². The normalized spacial score (nSPS) is 10.5. The SMILES string of the molecule is NC(=O)COC(=O)COCc1nc2ccccc2s1. The summed E-state index contributed by atoms with van der Waals surface area (Å²) in [6.45, 7) is -0.433. The number of carbonyl (C=O) groups is 2. The van der Waals surface area contributed by atoms with Crippen molar-refractivity contribution >= 4 is 33.4 Å². The van der Waals surface area contributed by atoms with E-state index in [2.05, 4.69) is 9.72 Å². The minimum absolute atomic E-state index is 0.227. The van der Waals surface area contributed by atoms with E-state index in [0.717, 1.165) is 15.2 Å². The number of amides is 1. The summed E-state index contributed by atoms with van der Waals surface area (Å²) < 4.78 is 10.8. The van der Waals surface area contributed by atoms with Gasteiger partial charge in [0.05, 0.1) is 16.8 Å². The van der Waals surface area contributed by atoms with Crippen molar-refractivity contribution in [2.75, 3.05) is 13.2 Å². The molecule has 1 heterocycles. The molecule has 100 valence electrons. The van der Waals surface area contributed by atoms with Crippen LogP contribution < -0.4 is 5.73 Å². The number of para-hydroxylation sites is 1. The predicted molar refractivity (Wildman–Crippen MR) is 69.4 cm³/mol. The van der Waals surface area contributed by atoms with Crippen molar-refractivity contribution in [3.63, 3.8) is 0 Å². The summed E-state index contributed by atoms with van der Waals surface area (Å²) in [7, 11) is 0. The quantitative estimate of drug-likeness (QED) is 0.792. The van der Waals surface area contributed by atoms with Gasteiger partial charge in [0, 0.05) is 0 Å². The Hall–Kier alpha value is -1.99. The second kappa shape index (κ2) is 6.26. The van der Waals surface area contributed by atoms with Gasteiger partial charge in [-0.3, -0.25) is 4.79 Å². The van der Waals surface area contributed by atoms with Gasteiger partial charge in [-0.05, 0) is 12.1 Å². The number of aromatic nitrogens is 1. The van der Waals surface area contributed by atoms with E-state index in [9.17, 15) is 9.59 Å². The Morgan fingerprint density at radius 2 is 2.05 bits per heavy atom. The molecule has 0 atom stereocenters. The third-order valence-corrected chi connectivity index (χ3v) is 3.17. The topological polar surface area (TPSA) is 91.5 Å². The van der Waals surface area contributed by atoms with Gasteiger partial charge in [0.25, 0.3) is 5.91 Å². The number of primary amides is 1. The van der Waals surface area contributed by atoms with E-state index in [1.807, 2.05) is 24.3 Å². The van der Waals surface area contributed by atoms with Crippen LogP contribution in [0.25, 0.3) is 10.2 Å². The van der Waals surface area contributed by atoms with E-state index in [4.69, 9.17) is 10.5 Å². The van der Waals surface area contributed by atoms with Crippen molar-refractivity contribution in [1.82, 2.24) is 4.98 Å². The van der Waals surface area contributed by atoms with Gasteiger partial charge in [0.1, 0.15) is 11.6 Å². The summed E-state index contributed by atoms with van der Waals surface area (Å²) >= 11 is 1.50. The molecule has 0 spiro atoms.